The molecule has 1 aromatic rings. The smallest absolute Gasteiger partial charge is 0.0537 e. The quantitative estimate of drug-likeness (QED) is 0.849. The van der Waals surface area contributed by atoms with E-state index >= 15 is 0 Å². The molecule has 3 heteroatoms. The van der Waals surface area contributed by atoms with Crippen molar-refractivity contribution in [2.75, 3.05) is 0 Å². The van der Waals surface area contributed by atoms with Crippen LogP contribution in [0.2, 0.25) is 0 Å². The van der Waals surface area contributed by atoms with Crippen LogP contribution in [0.1, 0.15) is 43.9 Å². The second-order valence-corrected chi connectivity index (χ2v) is 5.23. The van der Waals surface area contributed by atoms with E-state index in [1.165, 1.54) is 36.9 Å². The van der Waals surface area contributed by atoms with E-state index in [2.05, 4.69) is 24.3 Å². The molecule has 1 saturated carbocycles. The molecule has 0 aromatic carbocycles. The Morgan fingerprint density at radius 2 is 2.31 bits per heavy atom. The molecule has 90 valence electrons. The van der Waals surface area contributed by atoms with E-state index < -0.39 is 0 Å². The van der Waals surface area contributed by atoms with Crippen molar-refractivity contribution in [3.63, 3.8) is 0 Å². The standard InChI is InChI=1S/C13H23N3/c1-10-5-4-6-13(7-10)14-8-12-9-15-16(3)11(12)2/h9-10,13-14H,4-8H2,1-3H3. The first-order valence-electron chi connectivity index (χ1n) is 6.37. The van der Waals surface area contributed by atoms with E-state index in [0.717, 1.165) is 12.5 Å². The van der Waals surface area contributed by atoms with Gasteiger partial charge < -0.3 is 5.32 Å². The summed E-state index contributed by atoms with van der Waals surface area (Å²) < 4.78 is 1.94. The van der Waals surface area contributed by atoms with Crippen molar-refractivity contribution in [3.8, 4) is 0 Å². The third-order valence-electron chi connectivity index (χ3n) is 3.85. The zero-order valence-corrected chi connectivity index (χ0v) is 10.7. The fraction of sp³-hybridized carbons (Fsp3) is 0.769. The molecular weight excluding hydrogens is 198 g/mol. The average molecular weight is 221 g/mol. The molecule has 0 bridgehead atoms. The molecule has 0 saturated heterocycles. The summed E-state index contributed by atoms with van der Waals surface area (Å²) in [5, 5.41) is 7.94. The molecule has 1 aromatic heterocycles. The molecular formula is C13H23N3. The van der Waals surface area contributed by atoms with Gasteiger partial charge in [0.25, 0.3) is 0 Å². The Balaban J connectivity index is 1.85. The first-order valence-corrected chi connectivity index (χ1v) is 6.37. The molecule has 1 heterocycles. The zero-order chi connectivity index (χ0) is 11.5. The van der Waals surface area contributed by atoms with Gasteiger partial charge >= 0.3 is 0 Å². The number of rotatable bonds is 3. The Bertz CT molecular complexity index is 343. The van der Waals surface area contributed by atoms with Crippen LogP contribution in [0.5, 0.6) is 0 Å². The second kappa shape index (κ2) is 5.00. The second-order valence-electron chi connectivity index (χ2n) is 5.23. The van der Waals surface area contributed by atoms with Crippen molar-refractivity contribution in [3.05, 3.63) is 17.5 Å². The van der Waals surface area contributed by atoms with Crippen LogP contribution in [0.4, 0.5) is 0 Å². The summed E-state index contributed by atoms with van der Waals surface area (Å²) in [7, 11) is 2.00. The monoisotopic (exact) mass is 221 g/mol. The van der Waals surface area contributed by atoms with E-state index in [0.29, 0.717) is 6.04 Å². The van der Waals surface area contributed by atoms with Gasteiger partial charge in [-0.05, 0) is 25.7 Å². The van der Waals surface area contributed by atoms with Crippen LogP contribution < -0.4 is 5.32 Å². The number of hydrogen-bond donors (Lipinski definition) is 1. The molecule has 0 radical (unpaired) electrons. The Labute approximate surface area is 98.2 Å². The van der Waals surface area contributed by atoms with Gasteiger partial charge in [0.2, 0.25) is 0 Å². The lowest BCUT2D eigenvalue weighted by Gasteiger charge is -2.27. The summed E-state index contributed by atoms with van der Waals surface area (Å²) in [6, 6.07) is 0.711. The summed E-state index contributed by atoms with van der Waals surface area (Å²) >= 11 is 0. The molecule has 2 rings (SSSR count). The van der Waals surface area contributed by atoms with E-state index in [1.807, 2.05) is 17.9 Å². The van der Waals surface area contributed by atoms with Gasteiger partial charge in [-0.1, -0.05) is 19.8 Å². The molecule has 1 N–H and O–H groups in total. The van der Waals surface area contributed by atoms with Crippen LogP contribution in [0.15, 0.2) is 6.20 Å². The maximum atomic E-state index is 4.27. The largest absolute Gasteiger partial charge is 0.310 e. The van der Waals surface area contributed by atoms with Gasteiger partial charge in [0.05, 0.1) is 6.20 Å². The minimum absolute atomic E-state index is 0.711. The predicted octanol–water partition coefficient (Wildman–Crippen LogP) is 2.40. The van der Waals surface area contributed by atoms with Crippen molar-refractivity contribution in [2.24, 2.45) is 13.0 Å². The highest BCUT2D eigenvalue weighted by atomic mass is 15.3. The Morgan fingerprint density at radius 1 is 1.50 bits per heavy atom. The molecule has 1 aliphatic carbocycles. The molecule has 0 aliphatic heterocycles. The molecule has 16 heavy (non-hydrogen) atoms. The molecule has 1 aliphatic rings. The molecule has 2 atom stereocenters. The molecule has 1 fully saturated rings. The maximum absolute atomic E-state index is 4.27. The number of aromatic nitrogens is 2. The highest BCUT2D eigenvalue weighted by molar-refractivity contribution is 5.15. The summed E-state index contributed by atoms with van der Waals surface area (Å²) in [6.07, 6.45) is 7.44. The van der Waals surface area contributed by atoms with E-state index in [4.69, 9.17) is 0 Å². The average Bonchev–Trinajstić information content (AvgIpc) is 2.57. The number of hydrogen-bond acceptors (Lipinski definition) is 2. The van der Waals surface area contributed by atoms with Crippen LogP contribution in [0, 0.1) is 12.8 Å². The van der Waals surface area contributed by atoms with Crippen LogP contribution in [0.25, 0.3) is 0 Å². The molecule has 0 amide bonds. The van der Waals surface area contributed by atoms with Gasteiger partial charge in [0, 0.05) is 30.9 Å². The van der Waals surface area contributed by atoms with Crippen LogP contribution in [-0.4, -0.2) is 15.8 Å². The molecule has 0 spiro atoms. The summed E-state index contributed by atoms with van der Waals surface area (Å²) in [4.78, 5) is 0. The highest BCUT2D eigenvalue weighted by Crippen LogP contribution is 2.23. The van der Waals surface area contributed by atoms with Crippen molar-refractivity contribution in [2.45, 2.75) is 52.1 Å². The maximum Gasteiger partial charge on any atom is 0.0537 e. The lowest BCUT2D eigenvalue weighted by molar-refractivity contribution is 0.300. The van der Waals surface area contributed by atoms with E-state index in [-0.39, 0.29) is 0 Å². The van der Waals surface area contributed by atoms with Gasteiger partial charge in [-0.2, -0.15) is 5.10 Å². The van der Waals surface area contributed by atoms with Gasteiger partial charge in [-0.3, -0.25) is 4.68 Å². The van der Waals surface area contributed by atoms with Gasteiger partial charge in [-0.25, -0.2) is 0 Å². The Hall–Kier alpha value is -0.830. The third-order valence-corrected chi connectivity index (χ3v) is 3.85. The molecule has 3 nitrogen and oxygen atoms in total. The minimum atomic E-state index is 0.711. The first-order chi connectivity index (χ1) is 7.66. The number of nitrogens with zero attached hydrogens (tertiary/aromatic N) is 2. The van der Waals surface area contributed by atoms with Gasteiger partial charge in [0.15, 0.2) is 0 Å². The fourth-order valence-corrected chi connectivity index (χ4v) is 2.59. The van der Waals surface area contributed by atoms with Gasteiger partial charge in [0.1, 0.15) is 0 Å². The fourth-order valence-electron chi connectivity index (χ4n) is 2.59. The van der Waals surface area contributed by atoms with Crippen LogP contribution in [-0.2, 0) is 13.6 Å². The zero-order valence-electron chi connectivity index (χ0n) is 10.7. The predicted molar refractivity (Wildman–Crippen MR) is 66.2 cm³/mol. The number of nitrogens with one attached hydrogen (secondary N) is 1. The lowest BCUT2D eigenvalue weighted by Crippen LogP contribution is -2.33. The van der Waals surface area contributed by atoms with Crippen molar-refractivity contribution in [1.82, 2.24) is 15.1 Å². The normalized spacial score (nSPS) is 25.9. The highest BCUT2D eigenvalue weighted by Gasteiger charge is 2.18. The van der Waals surface area contributed by atoms with Gasteiger partial charge in [-0.15, -0.1) is 0 Å². The summed E-state index contributed by atoms with van der Waals surface area (Å²) in [5.74, 6) is 0.890. The number of aryl methyl sites for hydroxylation is 1. The SMILES string of the molecule is Cc1c(CNC2CCCC(C)C2)cnn1C. The third kappa shape index (κ3) is 2.64. The summed E-state index contributed by atoms with van der Waals surface area (Å²) in [5.41, 5.74) is 2.61. The topological polar surface area (TPSA) is 29.9 Å². The minimum Gasteiger partial charge on any atom is -0.310 e. The lowest BCUT2D eigenvalue weighted by atomic mass is 9.87. The van der Waals surface area contributed by atoms with E-state index in [1.54, 1.807) is 0 Å². The Morgan fingerprint density at radius 3 is 2.94 bits per heavy atom. The Kier molecular flexibility index (Phi) is 3.64. The van der Waals surface area contributed by atoms with E-state index in [9.17, 15) is 0 Å². The van der Waals surface area contributed by atoms with Crippen molar-refractivity contribution < 1.29 is 0 Å². The summed E-state index contributed by atoms with van der Waals surface area (Å²) in [6.45, 7) is 5.47. The van der Waals surface area contributed by atoms with Crippen LogP contribution >= 0.6 is 0 Å². The van der Waals surface area contributed by atoms with Crippen molar-refractivity contribution >= 4 is 0 Å². The van der Waals surface area contributed by atoms with Crippen molar-refractivity contribution in [1.29, 1.82) is 0 Å². The molecule has 2 unspecified atom stereocenters. The van der Waals surface area contributed by atoms with Crippen LogP contribution in [0.3, 0.4) is 0 Å². The first kappa shape index (κ1) is 11.6.